The highest BCUT2D eigenvalue weighted by atomic mass is 16.5. The van der Waals surface area contributed by atoms with Gasteiger partial charge in [0.2, 0.25) is 0 Å². The molecule has 7 nitrogen and oxygen atoms in total. The van der Waals surface area contributed by atoms with Gasteiger partial charge in [-0.1, -0.05) is 130 Å². The van der Waals surface area contributed by atoms with E-state index < -0.39 is 0 Å². The zero-order valence-electron chi connectivity index (χ0n) is 34.2. The molecule has 0 unspecified atom stereocenters. The van der Waals surface area contributed by atoms with Crippen LogP contribution in [0.25, 0.3) is 0 Å². The molecule has 300 valence electrons. The van der Waals surface area contributed by atoms with Crippen molar-refractivity contribution in [2.45, 2.75) is 201 Å². The second-order valence-electron chi connectivity index (χ2n) is 16.6. The fraction of sp³-hybridized carbons (Fsp3) is 0.955. The molecule has 0 radical (unpaired) electrons. The first kappa shape index (κ1) is 46.0. The number of rotatable bonds is 31. The van der Waals surface area contributed by atoms with Gasteiger partial charge in [-0.05, 0) is 101 Å². The third-order valence-corrected chi connectivity index (χ3v) is 12.4. The lowest BCUT2D eigenvalue weighted by atomic mass is 9.71. The maximum absolute atomic E-state index is 13.4. The van der Waals surface area contributed by atoms with Gasteiger partial charge in [0, 0.05) is 12.6 Å². The molecule has 2 fully saturated rings. The summed E-state index contributed by atoms with van der Waals surface area (Å²) >= 11 is 0. The highest BCUT2D eigenvalue weighted by Gasteiger charge is 2.39. The molecular weight excluding hydrogens is 636 g/mol. The molecule has 2 heterocycles. The van der Waals surface area contributed by atoms with E-state index in [4.69, 9.17) is 14.6 Å². The predicted molar refractivity (Wildman–Crippen MR) is 213 cm³/mol. The predicted octanol–water partition coefficient (Wildman–Crippen LogP) is 10.5. The molecule has 0 aromatic heterocycles. The first-order valence-corrected chi connectivity index (χ1v) is 22.3. The smallest absolute Gasteiger partial charge is 0.307 e. The van der Waals surface area contributed by atoms with Gasteiger partial charge in [0.15, 0.2) is 0 Å². The van der Waals surface area contributed by atoms with Gasteiger partial charge in [-0.15, -0.1) is 0 Å². The van der Waals surface area contributed by atoms with Crippen molar-refractivity contribution in [3.8, 4) is 0 Å². The van der Waals surface area contributed by atoms with Crippen LogP contribution >= 0.6 is 0 Å². The Morgan fingerprint density at radius 3 is 1.37 bits per heavy atom. The second kappa shape index (κ2) is 29.2. The molecule has 2 aliphatic rings. The zero-order chi connectivity index (χ0) is 37.0. The van der Waals surface area contributed by atoms with E-state index in [9.17, 15) is 9.59 Å². The third-order valence-electron chi connectivity index (χ3n) is 12.4. The Kier molecular flexibility index (Phi) is 26.3. The average molecular weight is 721 g/mol. The first-order valence-electron chi connectivity index (χ1n) is 22.3. The molecule has 0 aliphatic carbocycles. The first-order chi connectivity index (χ1) is 24.9. The SMILES string of the molecule is CCCCCC(CCCCC)CCOC(=O)CC(CC(=O)OCCC(CCCCC)CCCCC)N1CCC2(CCN(CCCCO)CC2)CC1. The van der Waals surface area contributed by atoms with Crippen molar-refractivity contribution in [3.63, 3.8) is 0 Å². The molecule has 0 aromatic rings. The van der Waals surface area contributed by atoms with E-state index in [1.54, 1.807) is 0 Å². The lowest BCUT2D eigenvalue weighted by molar-refractivity contribution is -0.149. The van der Waals surface area contributed by atoms with Gasteiger partial charge in [-0.2, -0.15) is 0 Å². The molecule has 0 saturated carbocycles. The number of hydrogen-bond acceptors (Lipinski definition) is 7. The maximum atomic E-state index is 13.4. The topological polar surface area (TPSA) is 79.3 Å². The molecule has 0 bridgehead atoms. The lowest BCUT2D eigenvalue weighted by Gasteiger charge is -2.48. The monoisotopic (exact) mass is 721 g/mol. The summed E-state index contributed by atoms with van der Waals surface area (Å²) in [7, 11) is 0. The van der Waals surface area contributed by atoms with Crippen molar-refractivity contribution in [2.24, 2.45) is 17.3 Å². The van der Waals surface area contributed by atoms with Gasteiger partial charge in [0.25, 0.3) is 0 Å². The molecular formula is C44H84N2O5. The number of esters is 2. The van der Waals surface area contributed by atoms with Crippen LogP contribution in [-0.2, 0) is 19.1 Å². The maximum Gasteiger partial charge on any atom is 0.307 e. The number of piperidine rings is 2. The molecule has 1 spiro atoms. The Bertz CT molecular complexity index is 786. The molecule has 0 atom stereocenters. The van der Waals surface area contributed by atoms with Gasteiger partial charge < -0.3 is 19.5 Å². The third kappa shape index (κ3) is 20.7. The van der Waals surface area contributed by atoms with Crippen LogP contribution in [0.4, 0.5) is 0 Å². The van der Waals surface area contributed by atoms with Crippen LogP contribution in [0.15, 0.2) is 0 Å². The lowest BCUT2D eigenvalue weighted by Crippen LogP contribution is -2.50. The molecule has 0 amide bonds. The van der Waals surface area contributed by atoms with E-state index in [0.29, 0.717) is 30.5 Å². The van der Waals surface area contributed by atoms with Crippen LogP contribution in [-0.4, -0.2) is 85.4 Å². The minimum absolute atomic E-state index is 0.156. The number of nitrogens with zero attached hydrogens (tertiary/aromatic N) is 2. The Balaban J connectivity index is 1.95. The highest BCUT2D eigenvalue weighted by molar-refractivity contribution is 5.74. The number of unbranched alkanes of at least 4 members (excludes halogenated alkanes) is 9. The Morgan fingerprint density at radius 2 is 0.980 bits per heavy atom. The zero-order valence-corrected chi connectivity index (χ0v) is 34.2. The number of aliphatic hydroxyl groups is 1. The summed E-state index contributed by atoms with van der Waals surface area (Å²) in [4.78, 5) is 31.7. The Morgan fingerprint density at radius 1 is 0.569 bits per heavy atom. The van der Waals surface area contributed by atoms with Crippen LogP contribution < -0.4 is 0 Å². The molecule has 2 saturated heterocycles. The highest BCUT2D eigenvalue weighted by Crippen LogP contribution is 2.42. The van der Waals surface area contributed by atoms with Gasteiger partial charge in [-0.3, -0.25) is 14.5 Å². The number of hydrogen-bond donors (Lipinski definition) is 1. The van der Waals surface area contributed by atoms with Crippen LogP contribution in [0.3, 0.4) is 0 Å². The van der Waals surface area contributed by atoms with Gasteiger partial charge >= 0.3 is 11.9 Å². The van der Waals surface area contributed by atoms with Crippen LogP contribution in [0.2, 0.25) is 0 Å². The van der Waals surface area contributed by atoms with Gasteiger partial charge in [0.05, 0.1) is 26.1 Å². The minimum atomic E-state index is -0.157. The number of carbonyl (C=O) groups excluding carboxylic acids is 2. The summed E-state index contributed by atoms with van der Waals surface area (Å²) in [5.74, 6) is 0.955. The fourth-order valence-electron chi connectivity index (χ4n) is 8.67. The Labute approximate surface area is 315 Å². The molecule has 7 heteroatoms. The van der Waals surface area contributed by atoms with Crippen molar-refractivity contribution in [3.05, 3.63) is 0 Å². The van der Waals surface area contributed by atoms with Crippen molar-refractivity contribution >= 4 is 11.9 Å². The summed E-state index contributed by atoms with van der Waals surface area (Å²) in [6.45, 7) is 15.5. The Hall–Kier alpha value is -1.18. The number of likely N-dealkylation sites (tertiary alicyclic amines) is 2. The van der Waals surface area contributed by atoms with Crippen LogP contribution in [0.1, 0.15) is 195 Å². The van der Waals surface area contributed by atoms with Crippen molar-refractivity contribution in [1.29, 1.82) is 0 Å². The summed E-state index contributed by atoms with van der Waals surface area (Å²) in [6.07, 6.45) is 29.2. The van der Waals surface area contributed by atoms with E-state index in [2.05, 4.69) is 37.5 Å². The number of aliphatic hydroxyl groups excluding tert-OH is 1. The molecule has 1 N–H and O–H groups in total. The largest absolute Gasteiger partial charge is 0.466 e. The normalized spacial score (nSPS) is 16.9. The quantitative estimate of drug-likeness (QED) is 0.0564. The second-order valence-corrected chi connectivity index (χ2v) is 16.6. The fourth-order valence-corrected chi connectivity index (χ4v) is 8.67. The van der Waals surface area contributed by atoms with Crippen molar-refractivity contribution < 1.29 is 24.2 Å². The van der Waals surface area contributed by atoms with E-state index in [1.165, 1.54) is 116 Å². The van der Waals surface area contributed by atoms with Crippen molar-refractivity contribution in [1.82, 2.24) is 9.80 Å². The van der Waals surface area contributed by atoms with Gasteiger partial charge in [-0.25, -0.2) is 0 Å². The summed E-state index contributed by atoms with van der Waals surface area (Å²) in [6, 6.07) is -0.157. The summed E-state index contributed by atoms with van der Waals surface area (Å²) < 4.78 is 11.8. The summed E-state index contributed by atoms with van der Waals surface area (Å²) in [5.41, 5.74) is 0.380. The van der Waals surface area contributed by atoms with E-state index in [1.807, 2.05) is 0 Å². The van der Waals surface area contributed by atoms with Crippen LogP contribution in [0, 0.1) is 17.3 Å². The van der Waals surface area contributed by atoms with E-state index in [0.717, 1.165) is 71.2 Å². The van der Waals surface area contributed by atoms with Crippen LogP contribution in [0.5, 0.6) is 0 Å². The average Bonchev–Trinajstić information content (AvgIpc) is 3.12. The molecule has 51 heavy (non-hydrogen) atoms. The van der Waals surface area contributed by atoms with E-state index in [-0.39, 0.29) is 37.4 Å². The molecule has 0 aromatic carbocycles. The molecule has 2 aliphatic heterocycles. The molecule has 2 rings (SSSR count). The summed E-state index contributed by atoms with van der Waals surface area (Å²) in [5, 5.41) is 9.17. The van der Waals surface area contributed by atoms with Crippen molar-refractivity contribution in [2.75, 3.05) is 52.5 Å². The standard InChI is InChI=1S/C44H84N2O5/c1-5-9-13-19-39(20-14-10-6-2)23-35-50-42(48)37-41(38-43(49)51-36-24-40(21-15-11-7-3)22-16-12-8-4)46-32-27-44(28-33-46)25-30-45(31-26-44)29-17-18-34-47/h39-41,47H,5-38H2,1-4H3. The van der Waals surface area contributed by atoms with Gasteiger partial charge in [0.1, 0.15) is 0 Å². The minimum Gasteiger partial charge on any atom is -0.466 e. The van der Waals surface area contributed by atoms with E-state index >= 15 is 0 Å². The number of carbonyl (C=O) groups is 2. The number of ether oxygens (including phenoxy) is 2.